The Morgan fingerprint density at radius 2 is 1.82 bits per heavy atom. The van der Waals surface area contributed by atoms with Crippen LogP contribution in [0.25, 0.3) is 0 Å². The van der Waals surface area contributed by atoms with Gasteiger partial charge >= 0.3 is 6.18 Å². The van der Waals surface area contributed by atoms with Crippen molar-refractivity contribution in [2.24, 2.45) is 5.41 Å². The lowest BCUT2D eigenvalue weighted by Crippen LogP contribution is -2.19. The number of rotatable bonds is 5. The van der Waals surface area contributed by atoms with Gasteiger partial charge in [0.1, 0.15) is 6.61 Å². The maximum atomic E-state index is 11.7. The molecular weight excluding hydrogens is 233 g/mol. The molecule has 1 unspecified atom stereocenters. The van der Waals surface area contributed by atoms with Crippen LogP contribution >= 0.6 is 0 Å². The van der Waals surface area contributed by atoms with Gasteiger partial charge in [0.15, 0.2) is 0 Å². The molecule has 0 radical (unpaired) electrons. The summed E-state index contributed by atoms with van der Waals surface area (Å²) in [4.78, 5) is 0. The highest BCUT2D eigenvalue weighted by molar-refractivity contribution is 5.07. The molecule has 0 fully saturated rings. The molecule has 1 N–H and O–H groups in total. The van der Waals surface area contributed by atoms with Crippen molar-refractivity contribution in [2.45, 2.75) is 45.9 Å². The molecule has 0 amide bonds. The molecule has 0 aliphatic rings. The lowest BCUT2D eigenvalue weighted by Gasteiger charge is -2.10. The van der Waals surface area contributed by atoms with Crippen molar-refractivity contribution < 1.29 is 23.0 Å². The van der Waals surface area contributed by atoms with Crippen LogP contribution in [-0.4, -0.2) is 30.6 Å². The number of aliphatic hydroxyl groups is 1. The highest BCUT2D eigenvalue weighted by atomic mass is 19.4. The zero-order valence-corrected chi connectivity index (χ0v) is 10.4. The number of ether oxygens (including phenoxy) is 1. The second-order valence-corrected chi connectivity index (χ2v) is 4.87. The molecule has 5 heteroatoms. The Morgan fingerprint density at radius 1 is 1.24 bits per heavy atom. The van der Waals surface area contributed by atoms with Crippen LogP contribution < -0.4 is 0 Å². The Bertz CT molecular complexity index is 268. The highest BCUT2D eigenvalue weighted by Crippen LogP contribution is 2.14. The molecule has 0 heterocycles. The van der Waals surface area contributed by atoms with E-state index >= 15 is 0 Å². The van der Waals surface area contributed by atoms with Gasteiger partial charge in [-0.25, -0.2) is 0 Å². The molecule has 100 valence electrons. The maximum absolute atomic E-state index is 11.7. The summed E-state index contributed by atoms with van der Waals surface area (Å²) in [5.41, 5.74) is -0.132. The van der Waals surface area contributed by atoms with Crippen LogP contribution in [0.5, 0.6) is 0 Å². The summed E-state index contributed by atoms with van der Waals surface area (Å²) < 4.78 is 39.5. The quantitative estimate of drug-likeness (QED) is 0.602. The van der Waals surface area contributed by atoms with E-state index < -0.39 is 18.9 Å². The fourth-order valence-corrected chi connectivity index (χ4v) is 0.943. The van der Waals surface area contributed by atoms with E-state index in [2.05, 4.69) is 16.6 Å². The second kappa shape index (κ2) is 6.87. The van der Waals surface area contributed by atoms with Gasteiger partial charge in [-0.1, -0.05) is 5.92 Å². The zero-order chi connectivity index (χ0) is 13.5. The van der Waals surface area contributed by atoms with Gasteiger partial charge < -0.3 is 9.84 Å². The van der Waals surface area contributed by atoms with Crippen LogP contribution in [0.1, 0.15) is 33.6 Å². The van der Waals surface area contributed by atoms with Crippen LogP contribution in [0.3, 0.4) is 0 Å². The Balaban J connectivity index is 3.66. The molecule has 0 aliphatic heterocycles. The summed E-state index contributed by atoms with van der Waals surface area (Å²) in [7, 11) is 0. The minimum absolute atomic E-state index is 0.113. The standard InChI is InChI=1S/C12H19F3O2/c1-11(2,3)7-4-5-10(16)6-8-17-9-12(13,14)15/h10,16H,5-6,8-9H2,1-3H3. The summed E-state index contributed by atoms with van der Waals surface area (Å²) in [6.45, 7) is 4.45. The van der Waals surface area contributed by atoms with E-state index in [0.29, 0.717) is 0 Å². The Kier molecular flexibility index (Phi) is 6.58. The molecule has 0 aromatic heterocycles. The van der Waals surface area contributed by atoms with Gasteiger partial charge in [0, 0.05) is 18.4 Å². The molecule has 1 atom stereocenters. The molecule has 0 saturated heterocycles. The number of hydrogen-bond acceptors (Lipinski definition) is 2. The molecule has 0 rings (SSSR count). The first-order valence-electron chi connectivity index (χ1n) is 5.43. The first-order valence-corrected chi connectivity index (χ1v) is 5.43. The molecule has 0 aromatic rings. The van der Waals surface area contributed by atoms with Crippen LogP contribution in [-0.2, 0) is 4.74 Å². The van der Waals surface area contributed by atoms with Crippen molar-refractivity contribution in [3.05, 3.63) is 0 Å². The van der Waals surface area contributed by atoms with Crippen molar-refractivity contribution >= 4 is 0 Å². The average molecular weight is 252 g/mol. The molecular formula is C12H19F3O2. The van der Waals surface area contributed by atoms with E-state index in [0.717, 1.165) is 0 Å². The van der Waals surface area contributed by atoms with Crippen molar-refractivity contribution in [3.63, 3.8) is 0 Å². The summed E-state index contributed by atoms with van der Waals surface area (Å²) in [5, 5.41) is 9.41. The normalized spacial score (nSPS) is 14.1. The molecule has 0 aromatic carbocycles. The fraction of sp³-hybridized carbons (Fsp3) is 0.833. The second-order valence-electron chi connectivity index (χ2n) is 4.87. The predicted octanol–water partition coefficient (Wildman–Crippen LogP) is 2.76. The van der Waals surface area contributed by atoms with Gasteiger partial charge in [0.2, 0.25) is 0 Å². The third kappa shape index (κ3) is 13.2. The van der Waals surface area contributed by atoms with E-state index in [9.17, 15) is 18.3 Å². The lowest BCUT2D eigenvalue weighted by molar-refractivity contribution is -0.175. The monoisotopic (exact) mass is 252 g/mol. The van der Waals surface area contributed by atoms with Crippen molar-refractivity contribution in [2.75, 3.05) is 13.2 Å². The van der Waals surface area contributed by atoms with Crippen LogP contribution in [0.4, 0.5) is 13.2 Å². The molecule has 0 spiro atoms. The summed E-state index contributed by atoms with van der Waals surface area (Å²) in [6, 6.07) is 0. The fourth-order valence-electron chi connectivity index (χ4n) is 0.943. The molecule has 17 heavy (non-hydrogen) atoms. The van der Waals surface area contributed by atoms with E-state index in [1.807, 2.05) is 20.8 Å². The van der Waals surface area contributed by atoms with Gasteiger partial charge in [0.05, 0.1) is 6.10 Å². The van der Waals surface area contributed by atoms with Crippen LogP contribution in [0.15, 0.2) is 0 Å². The largest absolute Gasteiger partial charge is 0.411 e. The first kappa shape index (κ1) is 16.3. The molecule has 0 aliphatic carbocycles. The number of halogens is 3. The smallest absolute Gasteiger partial charge is 0.392 e. The van der Waals surface area contributed by atoms with Crippen molar-refractivity contribution in [3.8, 4) is 11.8 Å². The minimum atomic E-state index is -4.31. The molecule has 0 saturated carbocycles. The van der Waals surface area contributed by atoms with E-state index in [1.165, 1.54) is 0 Å². The Labute approximate surface area is 100 Å². The van der Waals surface area contributed by atoms with Gasteiger partial charge in [-0.3, -0.25) is 0 Å². The molecule has 0 bridgehead atoms. The average Bonchev–Trinajstić information content (AvgIpc) is 2.09. The minimum Gasteiger partial charge on any atom is -0.392 e. The van der Waals surface area contributed by atoms with Gasteiger partial charge in [-0.2, -0.15) is 13.2 Å². The SMILES string of the molecule is CC(C)(C)C#CCC(O)CCOCC(F)(F)F. The topological polar surface area (TPSA) is 29.5 Å². The number of alkyl halides is 3. The summed E-state index contributed by atoms with van der Waals surface area (Å²) in [5.74, 6) is 5.74. The van der Waals surface area contributed by atoms with Gasteiger partial charge in [-0.05, 0) is 27.2 Å². The summed E-state index contributed by atoms with van der Waals surface area (Å²) >= 11 is 0. The third-order valence-electron chi connectivity index (χ3n) is 1.66. The van der Waals surface area contributed by atoms with E-state index in [1.54, 1.807) is 0 Å². The molecule has 2 nitrogen and oxygen atoms in total. The lowest BCUT2D eigenvalue weighted by atomic mass is 9.97. The van der Waals surface area contributed by atoms with Gasteiger partial charge in [-0.15, -0.1) is 5.92 Å². The van der Waals surface area contributed by atoms with Crippen LogP contribution in [0.2, 0.25) is 0 Å². The zero-order valence-electron chi connectivity index (χ0n) is 10.4. The number of aliphatic hydroxyl groups excluding tert-OH is 1. The third-order valence-corrected chi connectivity index (χ3v) is 1.66. The van der Waals surface area contributed by atoms with E-state index in [4.69, 9.17) is 0 Å². The predicted molar refractivity (Wildman–Crippen MR) is 59.3 cm³/mol. The van der Waals surface area contributed by atoms with Crippen molar-refractivity contribution in [1.29, 1.82) is 0 Å². The highest BCUT2D eigenvalue weighted by Gasteiger charge is 2.27. The maximum Gasteiger partial charge on any atom is 0.411 e. The Morgan fingerprint density at radius 3 is 2.29 bits per heavy atom. The number of hydrogen-bond donors (Lipinski definition) is 1. The first-order chi connectivity index (χ1) is 7.60. The van der Waals surface area contributed by atoms with Crippen LogP contribution in [0, 0.1) is 17.3 Å². The van der Waals surface area contributed by atoms with Crippen molar-refractivity contribution in [1.82, 2.24) is 0 Å². The van der Waals surface area contributed by atoms with Gasteiger partial charge in [0.25, 0.3) is 0 Å². The summed E-state index contributed by atoms with van der Waals surface area (Å²) in [6.07, 6.45) is -4.63. The van der Waals surface area contributed by atoms with E-state index in [-0.39, 0.29) is 24.9 Å². The Hall–Kier alpha value is -0.730.